The van der Waals surface area contributed by atoms with E-state index in [0.717, 1.165) is 64.6 Å². The van der Waals surface area contributed by atoms with Crippen LogP contribution >= 0.6 is 0 Å². The average Bonchev–Trinajstić information content (AvgIpc) is 3.03. The van der Waals surface area contributed by atoms with Crippen molar-refractivity contribution in [2.24, 2.45) is 10.8 Å². The summed E-state index contributed by atoms with van der Waals surface area (Å²) in [7, 11) is 0. The summed E-state index contributed by atoms with van der Waals surface area (Å²) in [5, 5.41) is 19.0. The van der Waals surface area contributed by atoms with Crippen molar-refractivity contribution in [3.05, 3.63) is 16.2 Å². The smallest absolute Gasteiger partial charge is 0.328 e. The van der Waals surface area contributed by atoms with E-state index in [-0.39, 0.29) is 17.0 Å². The van der Waals surface area contributed by atoms with Crippen molar-refractivity contribution in [3.63, 3.8) is 0 Å². The third kappa shape index (κ3) is 12.7. The highest BCUT2D eigenvalue weighted by atomic mass is 16.5. The van der Waals surface area contributed by atoms with Crippen LogP contribution in [0.3, 0.4) is 0 Å². The first-order chi connectivity index (χ1) is 15.6. The van der Waals surface area contributed by atoms with Gasteiger partial charge < -0.3 is 19.9 Å². The molecule has 6 nitrogen and oxygen atoms in total. The molecule has 1 rings (SSSR count). The summed E-state index contributed by atoms with van der Waals surface area (Å²) in [4.78, 5) is 14.7. The van der Waals surface area contributed by atoms with Gasteiger partial charge in [-0.3, -0.25) is 4.57 Å². The van der Waals surface area contributed by atoms with Crippen molar-refractivity contribution in [1.82, 2.24) is 9.55 Å². The zero-order valence-corrected chi connectivity index (χ0v) is 22.2. The summed E-state index contributed by atoms with van der Waals surface area (Å²) in [6, 6.07) is 0. The maximum absolute atomic E-state index is 12.0. The number of aliphatic hydroxyl groups excluding tert-OH is 1. The molecule has 1 heterocycles. The number of nitrogens with zero attached hydrogens (tertiary/aromatic N) is 1. The lowest BCUT2D eigenvalue weighted by Gasteiger charge is -2.25. The molecule has 3 N–H and O–H groups in total. The quantitative estimate of drug-likeness (QED) is 0.199. The number of nitrogens with one attached hydrogen (secondary N) is 1. The molecule has 0 aliphatic carbocycles. The molecule has 6 heteroatoms. The van der Waals surface area contributed by atoms with E-state index in [9.17, 15) is 9.90 Å². The molecule has 0 atom stereocenters. The van der Waals surface area contributed by atoms with E-state index in [0.29, 0.717) is 30.7 Å². The molecule has 0 saturated heterocycles. The first kappa shape index (κ1) is 29.8. The van der Waals surface area contributed by atoms with Crippen LogP contribution in [0, 0.1) is 10.8 Å². The van der Waals surface area contributed by atoms with Crippen LogP contribution in [0.4, 0.5) is 0 Å². The number of aromatic hydroxyl groups is 1. The summed E-state index contributed by atoms with van der Waals surface area (Å²) >= 11 is 0. The minimum atomic E-state index is -0.207. The van der Waals surface area contributed by atoms with Crippen LogP contribution in [-0.2, 0) is 17.7 Å². The molecule has 0 unspecified atom stereocenters. The molecule has 33 heavy (non-hydrogen) atoms. The number of rotatable bonds is 20. The number of imidazole rings is 1. The third-order valence-corrected chi connectivity index (χ3v) is 6.91. The lowest BCUT2D eigenvalue weighted by atomic mass is 9.82. The zero-order chi connectivity index (χ0) is 24.7. The molecule has 0 aliphatic rings. The molecule has 0 spiro atoms. The van der Waals surface area contributed by atoms with Gasteiger partial charge in [-0.2, -0.15) is 0 Å². The predicted molar refractivity (Wildman–Crippen MR) is 137 cm³/mol. The maximum atomic E-state index is 12.0. The second-order valence-corrected chi connectivity index (χ2v) is 11.2. The Labute approximate surface area is 202 Å². The Morgan fingerprint density at radius 3 is 1.82 bits per heavy atom. The van der Waals surface area contributed by atoms with Crippen molar-refractivity contribution in [2.75, 3.05) is 19.8 Å². The largest absolute Gasteiger partial charge is 0.493 e. The van der Waals surface area contributed by atoms with Crippen LogP contribution in [-0.4, -0.2) is 39.6 Å². The molecule has 194 valence electrons. The van der Waals surface area contributed by atoms with Gasteiger partial charge in [-0.15, -0.1) is 0 Å². The highest BCUT2D eigenvalue weighted by Crippen LogP contribution is 2.30. The van der Waals surface area contributed by atoms with Gasteiger partial charge in [0.25, 0.3) is 0 Å². The number of hydrogen-bond acceptors (Lipinski definition) is 4. The fourth-order valence-corrected chi connectivity index (χ4v) is 4.54. The Morgan fingerprint density at radius 1 is 0.818 bits per heavy atom. The number of H-pyrrole nitrogens is 1. The van der Waals surface area contributed by atoms with Gasteiger partial charge in [-0.1, -0.05) is 60.3 Å². The van der Waals surface area contributed by atoms with Crippen LogP contribution in [0.25, 0.3) is 0 Å². The average molecular weight is 469 g/mol. The fraction of sp³-hybridized carbons (Fsp3) is 0.889. The predicted octanol–water partition coefficient (Wildman–Crippen LogP) is 6.19. The first-order valence-electron chi connectivity index (χ1n) is 13.3. The highest BCUT2D eigenvalue weighted by Gasteiger charge is 2.19. The molecule has 0 bridgehead atoms. The second-order valence-electron chi connectivity index (χ2n) is 11.2. The van der Waals surface area contributed by atoms with E-state index in [1.807, 2.05) is 6.92 Å². The van der Waals surface area contributed by atoms with E-state index in [4.69, 9.17) is 9.84 Å². The third-order valence-electron chi connectivity index (χ3n) is 6.91. The molecule has 0 radical (unpaired) electrons. The summed E-state index contributed by atoms with van der Waals surface area (Å²) < 4.78 is 7.32. The van der Waals surface area contributed by atoms with Crippen molar-refractivity contribution < 1.29 is 14.9 Å². The molecule has 1 aromatic heterocycles. The van der Waals surface area contributed by atoms with Crippen LogP contribution in [0.15, 0.2) is 4.79 Å². The number of hydrogen-bond donors (Lipinski definition) is 3. The Balaban J connectivity index is 2.07. The lowest BCUT2D eigenvalue weighted by molar-refractivity contribution is 0.119. The topological polar surface area (TPSA) is 87.5 Å². The van der Waals surface area contributed by atoms with Crippen LogP contribution in [0.2, 0.25) is 0 Å². The SMILES string of the molecule is CCc1[nH]c(=O)n(CCCC(C)(C)CCCCOCCCCC(C)(C)CCCCCO)c1O. The van der Waals surface area contributed by atoms with Crippen LogP contribution in [0.1, 0.15) is 117 Å². The number of unbranched alkanes of at least 4 members (excludes halogenated alkanes) is 4. The number of aromatic amines is 1. The van der Waals surface area contributed by atoms with Gasteiger partial charge >= 0.3 is 5.69 Å². The zero-order valence-electron chi connectivity index (χ0n) is 22.2. The van der Waals surface area contributed by atoms with Crippen molar-refractivity contribution >= 4 is 0 Å². The van der Waals surface area contributed by atoms with Crippen molar-refractivity contribution in [3.8, 4) is 5.88 Å². The van der Waals surface area contributed by atoms with Gasteiger partial charge in [0.2, 0.25) is 5.88 Å². The lowest BCUT2D eigenvalue weighted by Crippen LogP contribution is -2.19. The Morgan fingerprint density at radius 2 is 1.33 bits per heavy atom. The first-order valence-corrected chi connectivity index (χ1v) is 13.3. The van der Waals surface area contributed by atoms with Gasteiger partial charge in [0.15, 0.2) is 0 Å². The number of aromatic nitrogens is 2. The minimum absolute atomic E-state index is 0.0964. The van der Waals surface area contributed by atoms with Gasteiger partial charge in [-0.25, -0.2) is 4.79 Å². The molecule has 0 fully saturated rings. The van der Waals surface area contributed by atoms with E-state index in [1.165, 1.54) is 30.3 Å². The Hall–Kier alpha value is -1.27. The summed E-state index contributed by atoms with van der Waals surface area (Å²) in [5.41, 5.74) is 1.04. The molecular weight excluding hydrogens is 416 g/mol. The van der Waals surface area contributed by atoms with E-state index in [1.54, 1.807) is 0 Å². The standard InChI is InChI=1S/C27H52N2O4/c1-6-23-24(31)29(25(32)28-23)19-14-18-27(4,5)17-10-13-22-33-21-12-9-16-26(2,3)15-8-7-11-20-30/h30-31H,6-22H2,1-5H3,(H,28,32). The molecule has 1 aromatic rings. The highest BCUT2D eigenvalue weighted by molar-refractivity contribution is 5.18. The van der Waals surface area contributed by atoms with E-state index >= 15 is 0 Å². The molecule has 0 aliphatic heterocycles. The minimum Gasteiger partial charge on any atom is -0.493 e. The van der Waals surface area contributed by atoms with Crippen molar-refractivity contribution in [2.45, 2.75) is 125 Å². The Bertz CT molecular complexity index is 691. The monoisotopic (exact) mass is 468 g/mol. The molecule has 0 amide bonds. The van der Waals surface area contributed by atoms with Gasteiger partial charge in [-0.05, 0) is 68.6 Å². The molecule has 0 saturated carbocycles. The van der Waals surface area contributed by atoms with Crippen LogP contribution < -0.4 is 5.69 Å². The summed E-state index contributed by atoms with van der Waals surface area (Å²) in [6.07, 6.45) is 14.1. The summed E-state index contributed by atoms with van der Waals surface area (Å²) in [6.45, 7) is 13.8. The van der Waals surface area contributed by atoms with Gasteiger partial charge in [0.05, 0.1) is 5.69 Å². The number of ether oxygens (including phenoxy) is 1. The number of aryl methyl sites for hydroxylation is 1. The van der Waals surface area contributed by atoms with Crippen molar-refractivity contribution in [1.29, 1.82) is 0 Å². The van der Waals surface area contributed by atoms with E-state index in [2.05, 4.69) is 32.7 Å². The molecular formula is C27H52N2O4. The maximum Gasteiger partial charge on any atom is 0.328 e. The van der Waals surface area contributed by atoms with Gasteiger partial charge in [0, 0.05) is 26.4 Å². The normalized spacial score (nSPS) is 12.5. The fourth-order valence-electron chi connectivity index (χ4n) is 4.54. The van der Waals surface area contributed by atoms with Gasteiger partial charge in [0.1, 0.15) is 0 Å². The second kappa shape index (κ2) is 15.6. The number of aliphatic hydroxyl groups is 1. The summed E-state index contributed by atoms with van der Waals surface area (Å²) in [5.74, 6) is 0.0964. The Kier molecular flexibility index (Phi) is 14.1. The molecule has 0 aromatic carbocycles. The van der Waals surface area contributed by atoms with E-state index < -0.39 is 0 Å². The van der Waals surface area contributed by atoms with Crippen LogP contribution in [0.5, 0.6) is 5.88 Å².